The van der Waals surface area contributed by atoms with Crippen LogP contribution in [0.15, 0.2) is 0 Å². The summed E-state index contributed by atoms with van der Waals surface area (Å²) in [5.74, 6) is 1.49. The van der Waals surface area contributed by atoms with Crippen molar-refractivity contribution in [2.45, 2.75) is 71.6 Å². The van der Waals surface area contributed by atoms with Gasteiger partial charge >= 0.3 is 0 Å². The van der Waals surface area contributed by atoms with Gasteiger partial charge in [0, 0.05) is 25.2 Å². The number of likely N-dealkylation sites (tertiary alicyclic amines) is 1. The van der Waals surface area contributed by atoms with E-state index in [0.717, 1.165) is 18.6 Å². The lowest BCUT2D eigenvalue weighted by atomic mass is 9.90. The second kappa shape index (κ2) is 7.77. The van der Waals surface area contributed by atoms with Gasteiger partial charge < -0.3 is 10.1 Å². The molecule has 0 saturated carbocycles. The molecule has 0 radical (unpaired) electrons. The van der Waals surface area contributed by atoms with Gasteiger partial charge in [-0.15, -0.1) is 0 Å². The summed E-state index contributed by atoms with van der Waals surface area (Å²) in [6.45, 7) is 13.8. The van der Waals surface area contributed by atoms with Crippen LogP contribution in [0, 0.1) is 11.8 Å². The number of piperidine rings is 1. The quantitative estimate of drug-likeness (QED) is 0.839. The summed E-state index contributed by atoms with van der Waals surface area (Å²) in [5.41, 5.74) is 0. The Morgan fingerprint density at radius 1 is 1.20 bits per heavy atom. The predicted molar refractivity (Wildman–Crippen MR) is 85.0 cm³/mol. The van der Waals surface area contributed by atoms with Gasteiger partial charge in [-0.05, 0) is 50.6 Å². The standard InChI is InChI=1S/C17H34N2O/c1-13(2)17-10-16(7-9-20-17)19-8-5-6-15(12-19)11-18-14(3)4/h13-18H,5-12H2,1-4H3. The third-order valence-corrected chi connectivity index (χ3v) is 4.91. The van der Waals surface area contributed by atoms with Gasteiger partial charge in [0.15, 0.2) is 0 Å². The van der Waals surface area contributed by atoms with Crippen LogP contribution in [0.1, 0.15) is 53.4 Å². The Morgan fingerprint density at radius 3 is 2.70 bits per heavy atom. The van der Waals surface area contributed by atoms with E-state index >= 15 is 0 Å². The molecule has 0 aliphatic carbocycles. The van der Waals surface area contributed by atoms with E-state index in [2.05, 4.69) is 37.9 Å². The molecule has 3 nitrogen and oxygen atoms in total. The highest BCUT2D eigenvalue weighted by molar-refractivity contribution is 4.85. The molecule has 3 unspecified atom stereocenters. The first-order valence-electron chi connectivity index (χ1n) is 8.65. The van der Waals surface area contributed by atoms with Crippen molar-refractivity contribution in [3.05, 3.63) is 0 Å². The second-order valence-electron chi connectivity index (χ2n) is 7.40. The molecule has 2 aliphatic heterocycles. The van der Waals surface area contributed by atoms with E-state index in [1.807, 2.05) is 0 Å². The Labute approximate surface area is 125 Å². The van der Waals surface area contributed by atoms with Gasteiger partial charge in [0.25, 0.3) is 0 Å². The molecule has 0 spiro atoms. The maximum absolute atomic E-state index is 5.93. The Morgan fingerprint density at radius 2 is 2.00 bits per heavy atom. The topological polar surface area (TPSA) is 24.5 Å². The Bertz CT molecular complexity index is 280. The van der Waals surface area contributed by atoms with Crippen molar-refractivity contribution in [3.63, 3.8) is 0 Å². The molecule has 2 aliphatic rings. The molecular weight excluding hydrogens is 248 g/mol. The van der Waals surface area contributed by atoms with Crippen molar-refractivity contribution in [1.82, 2.24) is 10.2 Å². The third kappa shape index (κ3) is 4.71. The van der Waals surface area contributed by atoms with E-state index in [9.17, 15) is 0 Å². The number of hydrogen-bond acceptors (Lipinski definition) is 3. The van der Waals surface area contributed by atoms with Crippen LogP contribution in [0.4, 0.5) is 0 Å². The van der Waals surface area contributed by atoms with Gasteiger partial charge in [0.2, 0.25) is 0 Å². The molecule has 0 amide bonds. The molecule has 0 aromatic heterocycles. The van der Waals surface area contributed by atoms with Crippen LogP contribution in [0.25, 0.3) is 0 Å². The molecule has 3 atom stereocenters. The van der Waals surface area contributed by atoms with Crippen LogP contribution in [0.2, 0.25) is 0 Å². The van der Waals surface area contributed by atoms with E-state index in [1.54, 1.807) is 0 Å². The Hall–Kier alpha value is -0.120. The summed E-state index contributed by atoms with van der Waals surface area (Å²) in [5, 5.41) is 3.61. The highest BCUT2D eigenvalue weighted by atomic mass is 16.5. The minimum Gasteiger partial charge on any atom is -0.378 e. The minimum absolute atomic E-state index is 0.475. The smallest absolute Gasteiger partial charge is 0.0612 e. The summed E-state index contributed by atoms with van der Waals surface area (Å²) in [7, 11) is 0. The van der Waals surface area contributed by atoms with E-state index in [0.29, 0.717) is 18.1 Å². The van der Waals surface area contributed by atoms with Gasteiger partial charge in [-0.25, -0.2) is 0 Å². The summed E-state index contributed by atoms with van der Waals surface area (Å²) < 4.78 is 5.93. The largest absolute Gasteiger partial charge is 0.378 e. The van der Waals surface area contributed by atoms with Crippen molar-refractivity contribution >= 4 is 0 Å². The van der Waals surface area contributed by atoms with Crippen LogP contribution < -0.4 is 5.32 Å². The molecule has 1 N–H and O–H groups in total. The fourth-order valence-corrected chi connectivity index (χ4v) is 3.60. The van der Waals surface area contributed by atoms with Gasteiger partial charge in [0.05, 0.1) is 6.10 Å². The van der Waals surface area contributed by atoms with E-state index in [1.165, 1.54) is 45.3 Å². The monoisotopic (exact) mass is 282 g/mol. The van der Waals surface area contributed by atoms with Crippen LogP contribution >= 0.6 is 0 Å². The molecular formula is C17H34N2O. The van der Waals surface area contributed by atoms with Crippen LogP contribution in [0.3, 0.4) is 0 Å². The molecule has 2 saturated heterocycles. The Balaban J connectivity index is 1.82. The van der Waals surface area contributed by atoms with E-state index < -0.39 is 0 Å². The first kappa shape index (κ1) is 16.3. The van der Waals surface area contributed by atoms with Crippen molar-refractivity contribution in [2.75, 3.05) is 26.2 Å². The predicted octanol–water partition coefficient (Wildman–Crippen LogP) is 2.90. The summed E-state index contributed by atoms with van der Waals surface area (Å²) in [4.78, 5) is 2.76. The molecule has 2 heterocycles. The molecule has 118 valence electrons. The average Bonchev–Trinajstić information content (AvgIpc) is 2.45. The van der Waals surface area contributed by atoms with Crippen LogP contribution in [-0.4, -0.2) is 49.3 Å². The number of nitrogens with one attached hydrogen (secondary N) is 1. The molecule has 0 bridgehead atoms. The van der Waals surface area contributed by atoms with Crippen molar-refractivity contribution < 1.29 is 4.74 Å². The zero-order chi connectivity index (χ0) is 14.5. The zero-order valence-electron chi connectivity index (χ0n) is 13.9. The lowest BCUT2D eigenvalue weighted by molar-refractivity contribution is -0.0548. The summed E-state index contributed by atoms with van der Waals surface area (Å²) >= 11 is 0. The number of hydrogen-bond donors (Lipinski definition) is 1. The van der Waals surface area contributed by atoms with Gasteiger partial charge in [0.1, 0.15) is 0 Å². The van der Waals surface area contributed by atoms with Gasteiger partial charge in [-0.2, -0.15) is 0 Å². The molecule has 3 heteroatoms. The lowest BCUT2D eigenvalue weighted by Gasteiger charge is -2.42. The first-order chi connectivity index (χ1) is 9.56. The fraction of sp³-hybridized carbons (Fsp3) is 1.00. The third-order valence-electron chi connectivity index (χ3n) is 4.91. The second-order valence-corrected chi connectivity index (χ2v) is 7.40. The van der Waals surface area contributed by atoms with Crippen LogP contribution in [0.5, 0.6) is 0 Å². The van der Waals surface area contributed by atoms with E-state index in [4.69, 9.17) is 4.74 Å². The summed E-state index contributed by atoms with van der Waals surface area (Å²) in [6, 6.07) is 1.37. The summed E-state index contributed by atoms with van der Waals surface area (Å²) in [6.07, 6.45) is 5.71. The van der Waals surface area contributed by atoms with E-state index in [-0.39, 0.29) is 0 Å². The average molecular weight is 282 g/mol. The van der Waals surface area contributed by atoms with Crippen molar-refractivity contribution in [2.24, 2.45) is 11.8 Å². The zero-order valence-corrected chi connectivity index (χ0v) is 13.9. The molecule has 0 aromatic rings. The van der Waals surface area contributed by atoms with Crippen LogP contribution in [-0.2, 0) is 4.74 Å². The highest BCUT2D eigenvalue weighted by Crippen LogP contribution is 2.27. The number of nitrogens with zero attached hydrogens (tertiary/aromatic N) is 1. The Kier molecular flexibility index (Phi) is 6.31. The fourth-order valence-electron chi connectivity index (χ4n) is 3.60. The molecule has 2 rings (SSSR count). The van der Waals surface area contributed by atoms with Gasteiger partial charge in [-0.1, -0.05) is 27.7 Å². The SMILES string of the molecule is CC(C)NCC1CCCN(C2CCOC(C(C)C)C2)C1. The molecule has 0 aromatic carbocycles. The maximum Gasteiger partial charge on any atom is 0.0612 e. The lowest BCUT2D eigenvalue weighted by Crippen LogP contribution is -2.49. The first-order valence-corrected chi connectivity index (χ1v) is 8.65. The van der Waals surface area contributed by atoms with Gasteiger partial charge in [-0.3, -0.25) is 4.90 Å². The minimum atomic E-state index is 0.475. The van der Waals surface area contributed by atoms with Crippen molar-refractivity contribution in [1.29, 1.82) is 0 Å². The highest BCUT2D eigenvalue weighted by Gasteiger charge is 2.31. The molecule has 2 fully saturated rings. The molecule has 20 heavy (non-hydrogen) atoms. The number of ether oxygens (including phenoxy) is 1. The van der Waals surface area contributed by atoms with Crippen molar-refractivity contribution in [3.8, 4) is 0 Å². The normalized spacial score (nSPS) is 33.0. The number of rotatable bonds is 5. The maximum atomic E-state index is 5.93.